The molecule has 7 heteroatoms. The molecule has 0 atom stereocenters. The van der Waals surface area contributed by atoms with Gasteiger partial charge in [0.15, 0.2) is 5.82 Å². The normalized spacial score (nSPS) is 11.0. The molecule has 4 aromatic rings. The Labute approximate surface area is 211 Å². The van der Waals surface area contributed by atoms with Crippen molar-refractivity contribution in [1.29, 1.82) is 0 Å². The van der Waals surface area contributed by atoms with Crippen molar-refractivity contribution in [1.82, 2.24) is 14.8 Å². The Kier molecular flexibility index (Phi) is 8.10. The first kappa shape index (κ1) is 25.1. The van der Waals surface area contributed by atoms with E-state index in [2.05, 4.69) is 22.3 Å². The second kappa shape index (κ2) is 11.6. The molecule has 0 fully saturated rings. The van der Waals surface area contributed by atoms with Gasteiger partial charge in [0.1, 0.15) is 5.82 Å². The molecule has 186 valence electrons. The number of halogens is 1. The van der Waals surface area contributed by atoms with Gasteiger partial charge in [-0.2, -0.15) is 4.98 Å². The molecule has 0 spiro atoms. The summed E-state index contributed by atoms with van der Waals surface area (Å²) >= 11 is 0. The van der Waals surface area contributed by atoms with Crippen molar-refractivity contribution in [3.8, 4) is 23.1 Å². The Bertz CT molecular complexity index is 1300. The molecule has 1 heterocycles. The lowest BCUT2D eigenvalue weighted by Gasteiger charge is -2.09. The number of carbonyl (C=O) groups excluding carboxylic acids is 1. The van der Waals surface area contributed by atoms with Crippen LogP contribution in [0.1, 0.15) is 56.0 Å². The van der Waals surface area contributed by atoms with E-state index >= 15 is 0 Å². The molecule has 0 saturated carbocycles. The fourth-order valence-corrected chi connectivity index (χ4v) is 3.84. The lowest BCUT2D eigenvalue weighted by atomic mass is 10.1. The zero-order chi connectivity index (χ0) is 25.5. The fourth-order valence-electron chi connectivity index (χ4n) is 3.84. The number of nitrogens with zero attached hydrogens (tertiary/aromatic N) is 3. The van der Waals surface area contributed by atoms with Gasteiger partial charge in [-0.3, -0.25) is 4.79 Å². The fraction of sp³-hybridized carbons (Fsp3) is 0.276. The maximum Gasteiger partial charge on any atom is 0.336 e. The number of hydrogen-bond acceptors (Lipinski definition) is 4. The average molecular weight is 487 g/mol. The third kappa shape index (κ3) is 6.36. The largest absolute Gasteiger partial charge is 0.460 e. The number of aryl methyl sites for hydroxylation is 1. The van der Waals surface area contributed by atoms with Crippen LogP contribution in [0.3, 0.4) is 0 Å². The van der Waals surface area contributed by atoms with Crippen LogP contribution in [0.5, 0.6) is 6.01 Å². The minimum atomic E-state index is -0.361. The number of aromatic nitrogens is 3. The van der Waals surface area contributed by atoms with Crippen molar-refractivity contribution >= 4 is 11.6 Å². The highest BCUT2D eigenvalue weighted by Crippen LogP contribution is 2.25. The molecule has 1 amide bonds. The Morgan fingerprint density at radius 3 is 2.44 bits per heavy atom. The van der Waals surface area contributed by atoms with Gasteiger partial charge in [0, 0.05) is 16.8 Å². The number of amides is 1. The molecule has 0 aliphatic rings. The molecule has 4 rings (SSSR count). The smallest absolute Gasteiger partial charge is 0.336 e. The van der Waals surface area contributed by atoms with Gasteiger partial charge >= 0.3 is 6.01 Å². The van der Waals surface area contributed by atoms with Crippen molar-refractivity contribution in [3.05, 3.63) is 89.7 Å². The Balaban J connectivity index is 1.51. The predicted molar refractivity (Wildman–Crippen MR) is 140 cm³/mol. The molecule has 0 unspecified atom stereocenters. The van der Waals surface area contributed by atoms with E-state index in [0.29, 0.717) is 28.3 Å². The van der Waals surface area contributed by atoms with Crippen LogP contribution in [0.25, 0.3) is 17.1 Å². The molecule has 0 aliphatic carbocycles. The predicted octanol–water partition coefficient (Wildman–Crippen LogP) is 6.85. The van der Waals surface area contributed by atoms with Gasteiger partial charge in [0.25, 0.3) is 5.91 Å². The van der Waals surface area contributed by atoms with Crippen LogP contribution in [-0.4, -0.2) is 26.8 Å². The van der Waals surface area contributed by atoms with E-state index in [9.17, 15) is 9.18 Å². The molecule has 0 radical (unpaired) electrons. The van der Waals surface area contributed by atoms with E-state index in [1.807, 2.05) is 50.2 Å². The number of unbranched alkanes of at least 4 members (excludes halogenated alkanes) is 2. The number of benzene rings is 3. The van der Waals surface area contributed by atoms with E-state index in [-0.39, 0.29) is 23.8 Å². The van der Waals surface area contributed by atoms with Gasteiger partial charge < -0.3 is 10.1 Å². The van der Waals surface area contributed by atoms with Crippen molar-refractivity contribution in [2.75, 3.05) is 5.32 Å². The first-order chi connectivity index (χ1) is 17.4. The number of ether oxygens (including phenoxy) is 1. The molecule has 0 saturated heterocycles. The van der Waals surface area contributed by atoms with Crippen LogP contribution in [0, 0.1) is 5.82 Å². The number of rotatable bonds is 10. The summed E-state index contributed by atoms with van der Waals surface area (Å²) in [5.41, 5.74) is 3.79. The second-order valence-electron chi connectivity index (χ2n) is 8.96. The molecule has 1 aromatic heterocycles. The van der Waals surface area contributed by atoms with Crippen molar-refractivity contribution < 1.29 is 13.9 Å². The summed E-state index contributed by atoms with van der Waals surface area (Å²) in [5.74, 6) is -0.0712. The molecule has 1 N–H and O–H groups in total. The number of hydrogen-bond donors (Lipinski definition) is 1. The topological polar surface area (TPSA) is 69.0 Å². The molecular formula is C29H31FN4O2. The Hall–Kier alpha value is -4.00. The summed E-state index contributed by atoms with van der Waals surface area (Å²) in [6.07, 6.45) is 4.48. The maximum absolute atomic E-state index is 13.9. The van der Waals surface area contributed by atoms with Crippen molar-refractivity contribution in [3.63, 3.8) is 0 Å². The minimum absolute atomic E-state index is 0.107. The summed E-state index contributed by atoms with van der Waals surface area (Å²) in [5, 5.41) is 7.41. The van der Waals surface area contributed by atoms with E-state index < -0.39 is 0 Å². The zero-order valence-corrected chi connectivity index (χ0v) is 20.9. The summed E-state index contributed by atoms with van der Waals surface area (Å²) in [6, 6.07) is 21.4. The second-order valence-corrected chi connectivity index (χ2v) is 8.96. The van der Waals surface area contributed by atoms with Gasteiger partial charge in [-0.1, -0.05) is 44.0 Å². The molecule has 0 aliphatic heterocycles. The molecule has 0 bridgehead atoms. The van der Waals surface area contributed by atoms with Crippen LogP contribution in [0.15, 0.2) is 72.8 Å². The van der Waals surface area contributed by atoms with Crippen LogP contribution in [-0.2, 0) is 6.42 Å². The number of anilines is 1. The standard InChI is InChI=1S/C29H31FN4O2/c1-4-5-6-8-21-11-13-22(14-12-21)28(35)31-25-15-17-26(18-16-25)34-27(23-9-7-10-24(30)19-23)32-29(33-34)36-20(2)3/h7,9-20H,4-6,8H2,1-3H3,(H,31,35). The van der Waals surface area contributed by atoms with Gasteiger partial charge in [-0.05, 0) is 80.8 Å². The summed E-state index contributed by atoms with van der Waals surface area (Å²) in [7, 11) is 0. The SMILES string of the molecule is CCCCCc1ccc(C(=O)Nc2ccc(-n3nc(OC(C)C)nc3-c3cccc(F)c3)cc2)cc1. The van der Waals surface area contributed by atoms with E-state index in [0.717, 1.165) is 12.8 Å². The Morgan fingerprint density at radius 2 is 1.78 bits per heavy atom. The monoisotopic (exact) mass is 486 g/mol. The van der Waals surface area contributed by atoms with E-state index in [1.165, 1.54) is 30.5 Å². The highest BCUT2D eigenvalue weighted by atomic mass is 19.1. The number of nitrogens with one attached hydrogen (secondary N) is 1. The highest BCUT2D eigenvalue weighted by molar-refractivity contribution is 6.04. The van der Waals surface area contributed by atoms with Crippen molar-refractivity contribution in [2.45, 2.75) is 52.6 Å². The van der Waals surface area contributed by atoms with Crippen LogP contribution >= 0.6 is 0 Å². The lowest BCUT2D eigenvalue weighted by Crippen LogP contribution is -2.12. The summed E-state index contributed by atoms with van der Waals surface area (Å²) in [6.45, 7) is 5.97. The van der Waals surface area contributed by atoms with E-state index in [4.69, 9.17) is 4.74 Å². The zero-order valence-electron chi connectivity index (χ0n) is 20.9. The minimum Gasteiger partial charge on any atom is -0.460 e. The third-order valence-electron chi connectivity index (χ3n) is 5.67. The summed E-state index contributed by atoms with van der Waals surface area (Å²) < 4.78 is 21.2. The van der Waals surface area contributed by atoms with Crippen LogP contribution in [0.4, 0.5) is 10.1 Å². The molecule has 6 nitrogen and oxygen atoms in total. The molecule has 36 heavy (non-hydrogen) atoms. The first-order valence-corrected chi connectivity index (χ1v) is 12.3. The lowest BCUT2D eigenvalue weighted by molar-refractivity contribution is 0.102. The highest BCUT2D eigenvalue weighted by Gasteiger charge is 2.16. The van der Waals surface area contributed by atoms with Gasteiger partial charge in [0.2, 0.25) is 0 Å². The Morgan fingerprint density at radius 1 is 1.03 bits per heavy atom. The first-order valence-electron chi connectivity index (χ1n) is 12.3. The van der Waals surface area contributed by atoms with Crippen LogP contribution in [0.2, 0.25) is 0 Å². The average Bonchev–Trinajstić information content (AvgIpc) is 3.28. The summed E-state index contributed by atoms with van der Waals surface area (Å²) in [4.78, 5) is 17.2. The number of carbonyl (C=O) groups is 1. The van der Waals surface area contributed by atoms with Crippen LogP contribution < -0.4 is 10.1 Å². The maximum atomic E-state index is 13.9. The molecule has 3 aromatic carbocycles. The van der Waals surface area contributed by atoms with Gasteiger partial charge in [0.05, 0.1) is 11.8 Å². The van der Waals surface area contributed by atoms with Gasteiger partial charge in [-0.25, -0.2) is 9.07 Å². The van der Waals surface area contributed by atoms with Crippen molar-refractivity contribution in [2.24, 2.45) is 0 Å². The van der Waals surface area contributed by atoms with Gasteiger partial charge in [-0.15, -0.1) is 5.10 Å². The molecular weight excluding hydrogens is 455 g/mol. The quantitative estimate of drug-likeness (QED) is 0.249. The van der Waals surface area contributed by atoms with E-state index in [1.54, 1.807) is 28.9 Å². The third-order valence-corrected chi connectivity index (χ3v) is 5.67.